The standard InChI is InChI=1S/C20H28N2O/c1-4-5-6-7-10-19(17-11-13-18(23-3)14-12-17)22-20-16(2)9-8-15-21-20/h8-9,11-15,19H,4-7,10H2,1-3H3,(H,21,22). The number of benzene rings is 1. The van der Waals surface area contributed by atoms with Gasteiger partial charge < -0.3 is 10.1 Å². The van der Waals surface area contributed by atoms with E-state index in [0.717, 1.165) is 18.0 Å². The second-order valence-electron chi connectivity index (χ2n) is 5.99. The van der Waals surface area contributed by atoms with Crippen molar-refractivity contribution in [1.82, 2.24) is 4.98 Å². The van der Waals surface area contributed by atoms with Crippen LogP contribution < -0.4 is 10.1 Å². The molecule has 0 saturated heterocycles. The predicted octanol–water partition coefficient (Wildman–Crippen LogP) is 5.52. The highest BCUT2D eigenvalue weighted by atomic mass is 16.5. The lowest BCUT2D eigenvalue weighted by molar-refractivity contribution is 0.414. The van der Waals surface area contributed by atoms with Crippen molar-refractivity contribution in [2.45, 2.75) is 52.0 Å². The van der Waals surface area contributed by atoms with Gasteiger partial charge in [0, 0.05) is 6.20 Å². The molecule has 1 heterocycles. The molecule has 1 aromatic carbocycles. The van der Waals surface area contributed by atoms with Crippen molar-refractivity contribution < 1.29 is 4.74 Å². The smallest absolute Gasteiger partial charge is 0.129 e. The largest absolute Gasteiger partial charge is 0.497 e. The van der Waals surface area contributed by atoms with Crippen LogP contribution >= 0.6 is 0 Å². The fourth-order valence-corrected chi connectivity index (χ4v) is 2.74. The molecule has 0 fully saturated rings. The number of aromatic nitrogens is 1. The van der Waals surface area contributed by atoms with Crippen molar-refractivity contribution in [3.8, 4) is 5.75 Å². The van der Waals surface area contributed by atoms with Crippen LogP contribution in [0.2, 0.25) is 0 Å². The van der Waals surface area contributed by atoms with Crippen LogP contribution in [0.15, 0.2) is 42.6 Å². The van der Waals surface area contributed by atoms with Crippen molar-refractivity contribution in [2.75, 3.05) is 12.4 Å². The Morgan fingerprint density at radius 2 is 1.87 bits per heavy atom. The maximum atomic E-state index is 5.27. The highest BCUT2D eigenvalue weighted by Crippen LogP contribution is 2.27. The molecule has 2 rings (SSSR count). The monoisotopic (exact) mass is 312 g/mol. The summed E-state index contributed by atoms with van der Waals surface area (Å²) in [5.74, 6) is 1.87. The van der Waals surface area contributed by atoms with E-state index in [1.54, 1.807) is 7.11 Å². The summed E-state index contributed by atoms with van der Waals surface area (Å²) in [4.78, 5) is 4.49. The fraction of sp³-hybridized carbons (Fsp3) is 0.450. The van der Waals surface area contributed by atoms with E-state index in [4.69, 9.17) is 4.74 Å². The fourth-order valence-electron chi connectivity index (χ4n) is 2.74. The van der Waals surface area contributed by atoms with Crippen LogP contribution in [0.25, 0.3) is 0 Å². The van der Waals surface area contributed by atoms with Crippen LogP contribution in [0, 0.1) is 6.92 Å². The molecule has 23 heavy (non-hydrogen) atoms. The highest BCUT2D eigenvalue weighted by Gasteiger charge is 2.13. The Morgan fingerprint density at radius 1 is 1.09 bits per heavy atom. The lowest BCUT2D eigenvalue weighted by Crippen LogP contribution is -2.12. The van der Waals surface area contributed by atoms with E-state index in [0.29, 0.717) is 0 Å². The Kier molecular flexibility index (Phi) is 6.92. The van der Waals surface area contributed by atoms with Gasteiger partial charge >= 0.3 is 0 Å². The molecule has 0 radical (unpaired) electrons. The number of methoxy groups -OCH3 is 1. The molecular weight excluding hydrogens is 284 g/mol. The number of rotatable bonds is 9. The third-order valence-electron chi connectivity index (χ3n) is 4.18. The molecule has 1 unspecified atom stereocenters. The van der Waals surface area contributed by atoms with Crippen molar-refractivity contribution in [1.29, 1.82) is 0 Å². The Hall–Kier alpha value is -2.03. The minimum absolute atomic E-state index is 0.284. The lowest BCUT2D eigenvalue weighted by Gasteiger charge is -2.21. The molecule has 0 aliphatic carbocycles. The number of unbranched alkanes of at least 4 members (excludes halogenated alkanes) is 3. The average Bonchev–Trinajstić information content (AvgIpc) is 2.59. The zero-order valence-corrected chi connectivity index (χ0v) is 14.5. The van der Waals surface area contributed by atoms with Crippen molar-refractivity contribution in [3.63, 3.8) is 0 Å². The minimum Gasteiger partial charge on any atom is -0.497 e. The zero-order chi connectivity index (χ0) is 16.5. The SMILES string of the molecule is CCCCCCC(Nc1ncccc1C)c1ccc(OC)cc1. The number of aryl methyl sites for hydroxylation is 1. The van der Waals surface area contributed by atoms with Gasteiger partial charge in [0.1, 0.15) is 11.6 Å². The summed E-state index contributed by atoms with van der Waals surface area (Å²) in [7, 11) is 1.70. The Labute approximate surface area is 140 Å². The van der Waals surface area contributed by atoms with Gasteiger partial charge in [-0.05, 0) is 42.7 Å². The van der Waals surface area contributed by atoms with Crippen LogP contribution in [0.4, 0.5) is 5.82 Å². The first kappa shape index (κ1) is 17.3. The third kappa shape index (κ3) is 5.27. The van der Waals surface area contributed by atoms with Crippen LogP contribution in [-0.4, -0.2) is 12.1 Å². The van der Waals surface area contributed by atoms with Crippen molar-refractivity contribution in [2.24, 2.45) is 0 Å². The molecular formula is C20H28N2O. The number of hydrogen-bond donors (Lipinski definition) is 1. The molecule has 0 amide bonds. The van der Waals surface area contributed by atoms with Crippen LogP contribution in [0.3, 0.4) is 0 Å². The molecule has 0 aliphatic rings. The summed E-state index contributed by atoms with van der Waals surface area (Å²) in [5.41, 5.74) is 2.46. The van der Waals surface area contributed by atoms with Gasteiger partial charge in [0.2, 0.25) is 0 Å². The molecule has 0 aliphatic heterocycles. The van der Waals surface area contributed by atoms with E-state index < -0.39 is 0 Å². The molecule has 124 valence electrons. The van der Waals surface area contributed by atoms with Crippen molar-refractivity contribution >= 4 is 5.82 Å². The minimum atomic E-state index is 0.284. The first-order valence-corrected chi connectivity index (χ1v) is 8.56. The van der Waals surface area contributed by atoms with E-state index in [2.05, 4.69) is 42.3 Å². The van der Waals surface area contributed by atoms with Gasteiger partial charge in [0.15, 0.2) is 0 Å². The molecule has 1 N–H and O–H groups in total. The van der Waals surface area contributed by atoms with E-state index >= 15 is 0 Å². The summed E-state index contributed by atoms with van der Waals surface area (Å²) in [6.45, 7) is 4.34. The molecule has 0 bridgehead atoms. The second-order valence-corrected chi connectivity index (χ2v) is 5.99. The second kappa shape index (κ2) is 9.19. The quantitative estimate of drug-likeness (QED) is 0.619. The van der Waals surface area contributed by atoms with Gasteiger partial charge in [-0.2, -0.15) is 0 Å². The number of nitrogens with zero attached hydrogens (tertiary/aromatic N) is 1. The van der Waals surface area contributed by atoms with Gasteiger partial charge in [-0.3, -0.25) is 0 Å². The maximum Gasteiger partial charge on any atom is 0.129 e. The van der Waals surface area contributed by atoms with E-state index in [9.17, 15) is 0 Å². The maximum absolute atomic E-state index is 5.27. The number of hydrogen-bond acceptors (Lipinski definition) is 3. The third-order valence-corrected chi connectivity index (χ3v) is 4.18. The molecule has 2 aromatic rings. The average molecular weight is 312 g/mol. The molecule has 3 nitrogen and oxygen atoms in total. The predicted molar refractivity (Wildman–Crippen MR) is 97.1 cm³/mol. The number of anilines is 1. The molecule has 1 atom stereocenters. The molecule has 0 spiro atoms. The van der Waals surface area contributed by atoms with Gasteiger partial charge in [-0.1, -0.05) is 50.8 Å². The number of ether oxygens (including phenoxy) is 1. The number of nitrogens with one attached hydrogen (secondary N) is 1. The lowest BCUT2D eigenvalue weighted by atomic mass is 9.99. The Morgan fingerprint density at radius 3 is 2.52 bits per heavy atom. The van der Waals surface area contributed by atoms with E-state index in [1.165, 1.54) is 36.8 Å². The summed E-state index contributed by atoms with van der Waals surface area (Å²) in [5, 5.41) is 3.63. The Balaban J connectivity index is 2.11. The number of pyridine rings is 1. The molecule has 1 aromatic heterocycles. The Bertz CT molecular complexity index is 580. The van der Waals surface area contributed by atoms with Crippen LogP contribution in [-0.2, 0) is 0 Å². The van der Waals surface area contributed by atoms with Crippen LogP contribution in [0.5, 0.6) is 5.75 Å². The van der Waals surface area contributed by atoms with Gasteiger partial charge in [0.25, 0.3) is 0 Å². The topological polar surface area (TPSA) is 34.2 Å². The molecule has 3 heteroatoms. The van der Waals surface area contributed by atoms with Crippen LogP contribution in [0.1, 0.15) is 56.2 Å². The summed E-state index contributed by atoms with van der Waals surface area (Å²) >= 11 is 0. The van der Waals surface area contributed by atoms with Gasteiger partial charge in [-0.25, -0.2) is 4.98 Å². The van der Waals surface area contributed by atoms with E-state index in [-0.39, 0.29) is 6.04 Å². The summed E-state index contributed by atoms with van der Waals surface area (Å²) < 4.78 is 5.27. The summed E-state index contributed by atoms with van der Waals surface area (Å²) in [6.07, 6.45) is 8.03. The van der Waals surface area contributed by atoms with E-state index in [1.807, 2.05) is 24.4 Å². The summed E-state index contributed by atoms with van der Waals surface area (Å²) in [6, 6.07) is 12.7. The van der Waals surface area contributed by atoms with Crippen molar-refractivity contribution in [3.05, 3.63) is 53.7 Å². The first-order chi connectivity index (χ1) is 11.2. The normalized spacial score (nSPS) is 12.0. The van der Waals surface area contributed by atoms with Gasteiger partial charge in [-0.15, -0.1) is 0 Å². The molecule has 0 saturated carbocycles. The zero-order valence-electron chi connectivity index (χ0n) is 14.5. The highest BCUT2D eigenvalue weighted by molar-refractivity contribution is 5.45. The first-order valence-electron chi connectivity index (χ1n) is 8.56. The van der Waals surface area contributed by atoms with Gasteiger partial charge in [0.05, 0.1) is 13.2 Å².